The molecule has 0 fully saturated rings. The Morgan fingerprint density at radius 3 is 2.65 bits per heavy atom. The number of anilines is 2. The molecule has 130 valence electrons. The number of rotatable bonds is 5. The number of para-hydroxylation sites is 2. The Balaban J connectivity index is 1.67. The number of aryl methyl sites for hydroxylation is 1. The number of aromatic nitrogens is 4. The molecule has 4 rings (SSSR count). The summed E-state index contributed by atoms with van der Waals surface area (Å²) in [5.41, 5.74) is 1.64. The molecule has 0 aliphatic rings. The zero-order valence-electron chi connectivity index (χ0n) is 13.8. The Bertz CT molecular complexity index is 1070. The van der Waals surface area contributed by atoms with Crippen LogP contribution >= 0.6 is 23.4 Å². The van der Waals surface area contributed by atoms with E-state index in [1.54, 1.807) is 6.92 Å². The average Bonchev–Trinajstić information content (AvgIpc) is 3.07. The molecule has 0 bridgehead atoms. The van der Waals surface area contributed by atoms with Crippen LogP contribution in [0, 0.1) is 6.92 Å². The summed E-state index contributed by atoms with van der Waals surface area (Å²) in [6, 6.07) is 15.4. The maximum atomic E-state index is 6.27. The number of halogens is 1. The van der Waals surface area contributed by atoms with E-state index in [1.165, 1.54) is 11.8 Å². The monoisotopic (exact) mass is 383 g/mol. The summed E-state index contributed by atoms with van der Waals surface area (Å²) >= 11 is 7.71. The van der Waals surface area contributed by atoms with Crippen molar-refractivity contribution >= 4 is 45.8 Å². The van der Waals surface area contributed by atoms with Gasteiger partial charge in [-0.15, -0.1) is 10.2 Å². The summed E-state index contributed by atoms with van der Waals surface area (Å²) in [6.07, 6.45) is 0. The summed E-state index contributed by atoms with van der Waals surface area (Å²) in [7, 11) is 0. The molecular formula is C18H14ClN5OS. The van der Waals surface area contributed by atoms with E-state index < -0.39 is 0 Å². The molecule has 0 atom stereocenters. The van der Waals surface area contributed by atoms with Crippen molar-refractivity contribution in [3.8, 4) is 0 Å². The normalized spacial score (nSPS) is 11.0. The predicted octanol–water partition coefficient (Wildman–Crippen LogP) is 5.01. The zero-order valence-corrected chi connectivity index (χ0v) is 15.4. The lowest BCUT2D eigenvalue weighted by molar-refractivity contribution is 0.485. The van der Waals surface area contributed by atoms with E-state index in [4.69, 9.17) is 16.0 Å². The topological polar surface area (TPSA) is 76.7 Å². The summed E-state index contributed by atoms with van der Waals surface area (Å²) < 4.78 is 5.40. The number of hydrogen-bond acceptors (Lipinski definition) is 7. The first-order chi connectivity index (χ1) is 12.7. The number of hydrogen-bond donors (Lipinski definition) is 1. The van der Waals surface area contributed by atoms with Crippen LogP contribution in [0.25, 0.3) is 10.9 Å². The largest absolute Gasteiger partial charge is 0.425 e. The van der Waals surface area contributed by atoms with Gasteiger partial charge in [0.2, 0.25) is 11.8 Å². The molecule has 2 heterocycles. The van der Waals surface area contributed by atoms with Crippen molar-refractivity contribution in [3.63, 3.8) is 0 Å². The number of benzene rings is 2. The smallest absolute Gasteiger partial charge is 0.226 e. The number of fused-ring (bicyclic) bond motifs is 1. The number of nitrogens with zero attached hydrogens (tertiary/aromatic N) is 4. The summed E-state index contributed by atoms with van der Waals surface area (Å²) in [4.78, 5) is 9.26. The van der Waals surface area contributed by atoms with Crippen molar-refractivity contribution in [3.05, 3.63) is 65.3 Å². The Kier molecular flexibility index (Phi) is 4.73. The van der Waals surface area contributed by atoms with Gasteiger partial charge in [-0.3, -0.25) is 0 Å². The second-order valence-corrected chi connectivity index (χ2v) is 6.83. The molecule has 0 amide bonds. The van der Waals surface area contributed by atoms with Crippen LogP contribution in [-0.2, 0) is 5.75 Å². The van der Waals surface area contributed by atoms with Crippen LogP contribution in [0.2, 0.25) is 5.02 Å². The Labute approximate surface area is 159 Å². The fourth-order valence-electron chi connectivity index (χ4n) is 2.43. The first kappa shape index (κ1) is 16.8. The lowest BCUT2D eigenvalue weighted by Gasteiger charge is -2.11. The molecule has 0 radical (unpaired) electrons. The van der Waals surface area contributed by atoms with E-state index in [9.17, 15) is 0 Å². The van der Waals surface area contributed by atoms with Crippen LogP contribution in [0.5, 0.6) is 0 Å². The lowest BCUT2D eigenvalue weighted by Crippen LogP contribution is -1.99. The molecule has 0 spiro atoms. The molecule has 1 N–H and O–H groups in total. The van der Waals surface area contributed by atoms with Gasteiger partial charge in [-0.05, 0) is 24.3 Å². The van der Waals surface area contributed by atoms with Gasteiger partial charge in [0.15, 0.2) is 5.16 Å². The summed E-state index contributed by atoms with van der Waals surface area (Å²) in [5.74, 6) is 2.30. The first-order valence-electron chi connectivity index (χ1n) is 7.89. The third kappa shape index (κ3) is 3.63. The molecule has 0 saturated carbocycles. The van der Waals surface area contributed by atoms with E-state index in [0.29, 0.717) is 33.5 Å². The van der Waals surface area contributed by atoms with Crippen LogP contribution in [0.3, 0.4) is 0 Å². The van der Waals surface area contributed by atoms with Gasteiger partial charge in [0.1, 0.15) is 5.82 Å². The minimum absolute atomic E-state index is 0.505. The third-order valence-corrected chi connectivity index (χ3v) is 4.76. The Morgan fingerprint density at radius 2 is 1.85 bits per heavy atom. The van der Waals surface area contributed by atoms with Crippen molar-refractivity contribution in [1.29, 1.82) is 0 Å². The summed E-state index contributed by atoms with van der Waals surface area (Å²) in [5, 5.41) is 13.3. The van der Waals surface area contributed by atoms with E-state index in [2.05, 4.69) is 25.5 Å². The zero-order chi connectivity index (χ0) is 17.9. The highest BCUT2D eigenvalue weighted by atomic mass is 35.5. The molecule has 0 saturated heterocycles. The summed E-state index contributed by atoms with van der Waals surface area (Å²) in [6.45, 7) is 1.76. The van der Waals surface area contributed by atoms with Crippen LogP contribution < -0.4 is 5.32 Å². The molecule has 26 heavy (non-hydrogen) atoms. The molecule has 0 aliphatic carbocycles. The Morgan fingerprint density at radius 1 is 1.04 bits per heavy atom. The molecule has 6 nitrogen and oxygen atoms in total. The average molecular weight is 384 g/mol. The van der Waals surface area contributed by atoms with Gasteiger partial charge >= 0.3 is 0 Å². The van der Waals surface area contributed by atoms with Crippen molar-refractivity contribution in [2.24, 2.45) is 0 Å². The van der Waals surface area contributed by atoms with E-state index in [-0.39, 0.29) is 0 Å². The van der Waals surface area contributed by atoms with Gasteiger partial charge < -0.3 is 9.73 Å². The molecule has 4 aromatic rings. The van der Waals surface area contributed by atoms with Crippen LogP contribution in [0.15, 0.2) is 58.1 Å². The quantitative estimate of drug-likeness (QED) is 0.383. The van der Waals surface area contributed by atoms with Crippen molar-refractivity contribution < 1.29 is 4.42 Å². The third-order valence-electron chi connectivity index (χ3n) is 3.60. The van der Waals surface area contributed by atoms with Gasteiger partial charge in [0, 0.05) is 12.3 Å². The molecule has 2 aromatic carbocycles. The van der Waals surface area contributed by atoms with Crippen LogP contribution in [0.4, 0.5) is 11.5 Å². The minimum Gasteiger partial charge on any atom is -0.425 e. The van der Waals surface area contributed by atoms with Crippen molar-refractivity contribution in [2.45, 2.75) is 17.8 Å². The van der Waals surface area contributed by atoms with E-state index in [0.717, 1.165) is 16.6 Å². The fourth-order valence-corrected chi connectivity index (χ4v) is 3.30. The van der Waals surface area contributed by atoms with E-state index >= 15 is 0 Å². The van der Waals surface area contributed by atoms with Gasteiger partial charge in [0.05, 0.1) is 22.0 Å². The molecule has 0 unspecified atom stereocenters. The SMILES string of the molecule is Cc1nnc(CSc2nc(Nc3ccccc3Cl)c3ccccc3n2)o1. The first-order valence-corrected chi connectivity index (χ1v) is 9.25. The second-order valence-electron chi connectivity index (χ2n) is 5.48. The van der Waals surface area contributed by atoms with E-state index in [1.807, 2.05) is 48.5 Å². The van der Waals surface area contributed by atoms with Crippen LogP contribution in [0.1, 0.15) is 11.8 Å². The maximum absolute atomic E-state index is 6.27. The van der Waals surface area contributed by atoms with Gasteiger partial charge in [-0.2, -0.15) is 0 Å². The second kappa shape index (κ2) is 7.31. The molecule has 8 heteroatoms. The predicted molar refractivity (Wildman–Crippen MR) is 103 cm³/mol. The van der Waals surface area contributed by atoms with Crippen LogP contribution in [-0.4, -0.2) is 20.2 Å². The maximum Gasteiger partial charge on any atom is 0.226 e. The van der Waals surface area contributed by atoms with Crippen molar-refractivity contribution in [2.75, 3.05) is 5.32 Å². The highest BCUT2D eigenvalue weighted by Gasteiger charge is 2.11. The standard InChI is InChI=1S/C18H14ClN5OS/c1-11-23-24-16(25-11)10-26-18-21-14-8-4-2-6-12(14)17(22-18)20-15-9-5-3-7-13(15)19/h2-9H,10H2,1H3,(H,20,21,22). The van der Waals surface area contributed by atoms with Crippen molar-refractivity contribution in [1.82, 2.24) is 20.2 Å². The molecular weight excluding hydrogens is 370 g/mol. The number of thioether (sulfide) groups is 1. The Hall–Kier alpha value is -2.64. The molecule has 0 aliphatic heterocycles. The molecule has 2 aromatic heterocycles. The fraction of sp³-hybridized carbons (Fsp3) is 0.111. The van der Waals surface area contributed by atoms with Gasteiger partial charge in [-0.25, -0.2) is 9.97 Å². The number of nitrogens with one attached hydrogen (secondary N) is 1. The lowest BCUT2D eigenvalue weighted by atomic mass is 10.2. The highest BCUT2D eigenvalue weighted by Crippen LogP contribution is 2.30. The highest BCUT2D eigenvalue weighted by molar-refractivity contribution is 7.98. The van der Waals surface area contributed by atoms with Gasteiger partial charge in [0.25, 0.3) is 0 Å². The van der Waals surface area contributed by atoms with Gasteiger partial charge in [-0.1, -0.05) is 47.6 Å². The minimum atomic E-state index is 0.505.